The lowest BCUT2D eigenvalue weighted by molar-refractivity contribution is 1.15. The van der Waals surface area contributed by atoms with Crippen molar-refractivity contribution in [2.24, 2.45) is 0 Å². The number of fused-ring (bicyclic) bond motifs is 3. The molecule has 0 heterocycles. The third-order valence-electron chi connectivity index (χ3n) is 5.29. The molecule has 0 amide bonds. The van der Waals surface area contributed by atoms with Crippen LogP contribution in [0, 0.1) is 0 Å². The van der Waals surface area contributed by atoms with E-state index in [2.05, 4.69) is 84.9 Å². The van der Waals surface area contributed by atoms with Crippen molar-refractivity contribution < 1.29 is 0 Å². The Morgan fingerprint density at radius 2 is 0.852 bits per heavy atom. The number of benzene rings is 4. The van der Waals surface area contributed by atoms with Crippen molar-refractivity contribution in [1.82, 2.24) is 0 Å². The first-order chi connectivity index (χ1) is 13.1. The minimum absolute atomic E-state index is 0.611. The van der Waals surface area contributed by atoms with Gasteiger partial charge in [0.2, 0.25) is 0 Å². The molecule has 0 aliphatic heterocycles. The standard InChI is InChI=1S/C25H18S2/c26-25(27)23-15-19(17-7-3-1-4-8-17)11-13-21(23)22-14-12-20(16-24(22)25)18-9-5-2-6-10-18/h1-16,26-27H. The highest BCUT2D eigenvalue weighted by Crippen LogP contribution is 2.55. The smallest absolute Gasteiger partial charge is 0.107 e. The van der Waals surface area contributed by atoms with Crippen LogP contribution in [0.15, 0.2) is 97.1 Å². The third kappa shape index (κ3) is 2.72. The molecule has 0 saturated carbocycles. The highest BCUT2D eigenvalue weighted by Gasteiger charge is 2.37. The molecule has 0 bridgehead atoms. The van der Waals surface area contributed by atoms with E-state index in [-0.39, 0.29) is 0 Å². The van der Waals surface area contributed by atoms with Crippen molar-refractivity contribution in [3.8, 4) is 33.4 Å². The maximum atomic E-state index is 4.99. The van der Waals surface area contributed by atoms with E-state index in [0.29, 0.717) is 0 Å². The summed E-state index contributed by atoms with van der Waals surface area (Å²) in [6.07, 6.45) is 0. The highest BCUT2D eigenvalue weighted by molar-refractivity contribution is 8.00. The molecule has 0 spiro atoms. The Morgan fingerprint density at radius 3 is 1.26 bits per heavy atom. The van der Waals surface area contributed by atoms with Crippen molar-refractivity contribution in [3.63, 3.8) is 0 Å². The molecule has 27 heavy (non-hydrogen) atoms. The van der Waals surface area contributed by atoms with E-state index in [1.165, 1.54) is 33.4 Å². The summed E-state index contributed by atoms with van der Waals surface area (Å²) in [5.41, 5.74) is 9.53. The summed E-state index contributed by atoms with van der Waals surface area (Å²) >= 11 is 9.98. The molecule has 0 unspecified atom stereocenters. The van der Waals surface area contributed by atoms with Crippen LogP contribution in [0.4, 0.5) is 0 Å². The van der Waals surface area contributed by atoms with E-state index < -0.39 is 4.08 Å². The second kappa shape index (κ2) is 6.33. The molecule has 1 aliphatic carbocycles. The quantitative estimate of drug-likeness (QED) is 0.269. The molecular weight excluding hydrogens is 364 g/mol. The summed E-state index contributed by atoms with van der Waals surface area (Å²) in [5.74, 6) is 0. The summed E-state index contributed by atoms with van der Waals surface area (Å²) in [5, 5.41) is 0. The summed E-state index contributed by atoms with van der Waals surface area (Å²) in [6.45, 7) is 0. The van der Waals surface area contributed by atoms with Gasteiger partial charge in [-0.05, 0) is 56.6 Å². The van der Waals surface area contributed by atoms with Gasteiger partial charge in [-0.3, -0.25) is 0 Å². The maximum Gasteiger partial charge on any atom is 0.107 e. The summed E-state index contributed by atoms with van der Waals surface area (Å²) in [6, 6.07) is 34.1. The van der Waals surface area contributed by atoms with E-state index in [0.717, 1.165) is 11.1 Å². The minimum Gasteiger partial charge on any atom is -0.152 e. The molecule has 4 aromatic carbocycles. The highest BCUT2D eigenvalue weighted by atomic mass is 32.2. The molecule has 130 valence electrons. The van der Waals surface area contributed by atoms with E-state index >= 15 is 0 Å². The van der Waals surface area contributed by atoms with Crippen LogP contribution in [-0.4, -0.2) is 0 Å². The zero-order valence-electron chi connectivity index (χ0n) is 14.6. The lowest BCUT2D eigenvalue weighted by Gasteiger charge is -2.20. The second-order valence-electron chi connectivity index (χ2n) is 6.92. The number of rotatable bonds is 2. The predicted octanol–water partition coefficient (Wildman–Crippen LogP) is 7.06. The van der Waals surface area contributed by atoms with Crippen LogP contribution in [0.5, 0.6) is 0 Å². The zero-order valence-corrected chi connectivity index (χ0v) is 16.4. The number of hydrogen-bond donors (Lipinski definition) is 2. The van der Waals surface area contributed by atoms with Crippen LogP contribution >= 0.6 is 25.3 Å². The Kier molecular flexibility index (Phi) is 3.92. The van der Waals surface area contributed by atoms with Gasteiger partial charge in [0.05, 0.1) is 0 Å². The lowest BCUT2D eigenvalue weighted by atomic mass is 9.98. The second-order valence-corrected chi connectivity index (χ2v) is 8.62. The summed E-state index contributed by atoms with van der Waals surface area (Å²) in [4.78, 5) is 0. The van der Waals surface area contributed by atoms with E-state index in [4.69, 9.17) is 25.3 Å². The Balaban J connectivity index is 1.65. The predicted molar refractivity (Wildman–Crippen MR) is 122 cm³/mol. The van der Waals surface area contributed by atoms with Crippen LogP contribution < -0.4 is 0 Å². The largest absolute Gasteiger partial charge is 0.152 e. The van der Waals surface area contributed by atoms with Gasteiger partial charge in [0.15, 0.2) is 0 Å². The lowest BCUT2D eigenvalue weighted by Crippen LogP contribution is -2.08. The molecule has 0 fully saturated rings. The van der Waals surface area contributed by atoms with Crippen molar-refractivity contribution in [2.45, 2.75) is 4.08 Å². The monoisotopic (exact) mass is 382 g/mol. The van der Waals surface area contributed by atoms with Gasteiger partial charge in [0.25, 0.3) is 0 Å². The molecule has 4 aromatic rings. The van der Waals surface area contributed by atoms with E-state index in [1.807, 2.05) is 12.1 Å². The molecule has 2 heteroatoms. The van der Waals surface area contributed by atoms with Gasteiger partial charge in [-0.2, -0.15) is 25.3 Å². The number of thiol groups is 2. The number of hydrogen-bond acceptors (Lipinski definition) is 2. The molecule has 0 aromatic heterocycles. The molecule has 0 N–H and O–H groups in total. The fraction of sp³-hybridized carbons (Fsp3) is 0.0400. The Labute approximate surface area is 170 Å². The topological polar surface area (TPSA) is 0 Å². The van der Waals surface area contributed by atoms with Crippen LogP contribution in [0.1, 0.15) is 11.1 Å². The molecule has 0 saturated heterocycles. The normalized spacial score (nSPS) is 13.9. The zero-order chi connectivity index (χ0) is 18.4. The molecule has 0 radical (unpaired) electrons. The molecule has 0 atom stereocenters. The van der Waals surface area contributed by atoms with E-state index in [1.54, 1.807) is 0 Å². The SMILES string of the molecule is SC1(S)c2cc(-c3ccccc3)ccc2-c2ccc(-c3ccccc3)cc21. The van der Waals surface area contributed by atoms with Crippen LogP contribution in [0.2, 0.25) is 0 Å². The summed E-state index contributed by atoms with van der Waals surface area (Å²) < 4.78 is -0.611. The van der Waals surface area contributed by atoms with Crippen molar-refractivity contribution in [1.29, 1.82) is 0 Å². The molecule has 5 rings (SSSR count). The van der Waals surface area contributed by atoms with Crippen molar-refractivity contribution >= 4 is 25.3 Å². The van der Waals surface area contributed by atoms with Crippen LogP contribution in [0.3, 0.4) is 0 Å². The summed E-state index contributed by atoms with van der Waals surface area (Å²) in [7, 11) is 0. The van der Waals surface area contributed by atoms with Crippen LogP contribution in [-0.2, 0) is 4.08 Å². The first kappa shape index (κ1) is 16.7. The van der Waals surface area contributed by atoms with E-state index in [9.17, 15) is 0 Å². The van der Waals surface area contributed by atoms with Gasteiger partial charge in [-0.1, -0.05) is 84.9 Å². The fourth-order valence-electron chi connectivity index (χ4n) is 3.90. The molecular formula is C25H18S2. The van der Waals surface area contributed by atoms with Gasteiger partial charge >= 0.3 is 0 Å². The van der Waals surface area contributed by atoms with Crippen LogP contribution in [0.25, 0.3) is 33.4 Å². The van der Waals surface area contributed by atoms with Gasteiger partial charge < -0.3 is 0 Å². The Hall–Kier alpha value is -2.42. The molecule has 1 aliphatic rings. The first-order valence-electron chi connectivity index (χ1n) is 8.99. The van der Waals surface area contributed by atoms with Gasteiger partial charge in [-0.15, -0.1) is 0 Å². The average molecular weight is 383 g/mol. The van der Waals surface area contributed by atoms with Gasteiger partial charge in [0.1, 0.15) is 4.08 Å². The average Bonchev–Trinajstić information content (AvgIpc) is 2.96. The fourth-order valence-corrected chi connectivity index (χ4v) is 4.64. The third-order valence-corrected chi connectivity index (χ3v) is 6.26. The van der Waals surface area contributed by atoms with Crippen molar-refractivity contribution in [3.05, 3.63) is 108 Å². The van der Waals surface area contributed by atoms with Crippen molar-refractivity contribution in [2.75, 3.05) is 0 Å². The van der Waals surface area contributed by atoms with Gasteiger partial charge in [0, 0.05) is 0 Å². The minimum atomic E-state index is -0.611. The Bertz CT molecular complexity index is 1040. The Morgan fingerprint density at radius 1 is 0.444 bits per heavy atom. The first-order valence-corrected chi connectivity index (χ1v) is 9.89. The maximum absolute atomic E-state index is 4.99. The van der Waals surface area contributed by atoms with Gasteiger partial charge in [-0.25, -0.2) is 0 Å². The molecule has 0 nitrogen and oxygen atoms in total.